The monoisotopic (exact) mass is 331 g/mol. The minimum absolute atomic E-state index is 0.107. The SMILES string of the molecule is O=C(CNC(=O)c1ccc(Cl)cc1)N/N=C/c1cccc(O)c1. The van der Waals surface area contributed by atoms with Crippen molar-refractivity contribution in [3.63, 3.8) is 0 Å². The van der Waals surface area contributed by atoms with Crippen molar-refractivity contribution in [2.24, 2.45) is 5.10 Å². The molecule has 0 fully saturated rings. The average Bonchev–Trinajstić information content (AvgIpc) is 2.53. The number of rotatable bonds is 5. The van der Waals surface area contributed by atoms with Gasteiger partial charge < -0.3 is 10.4 Å². The molecule has 2 aromatic carbocycles. The Hall–Kier alpha value is -2.86. The van der Waals surface area contributed by atoms with Crippen LogP contribution in [0, 0.1) is 0 Å². The number of carbonyl (C=O) groups is 2. The summed E-state index contributed by atoms with van der Waals surface area (Å²) in [7, 11) is 0. The predicted octanol–water partition coefficient (Wildman–Crippen LogP) is 1.93. The van der Waals surface area contributed by atoms with E-state index in [2.05, 4.69) is 15.8 Å². The highest BCUT2D eigenvalue weighted by molar-refractivity contribution is 6.30. The second-order valence-electron chi connectivity index (χ2n) is 4.58. The fourth-order valence-corrected chi connectivity index (χ4v) is 1.81. The number of nitrogens with zero attached hydrogens (tertiary/aromatic N) is 1. The first kappa shape index (κ1) is 16.5. The number of phenols is 1. The van der Waals surface area contributed by atoms with Crippen molar-refractivity contribution in [1.29, 1.82) is 0 Å². The van der Waals surface area contributed by atoms with Gasteiger partial charge in [0, 0.05) is 10.6 Å². The maximum absolute atomic E-state index is 11.8. The normalized spacial score (nSPS) is 10.5. The summed E-state index contributed by atoms with van der Waals surface area (Å²) in [6.07, 6.45) is 1.39. The summed E-state index contributed by atoms with van der Waals surface area (Å²) in [6, 6.07) is 12.7. The van der Waals surface area contributed by atoms with Crippen molar-refractivity contribution in [3.8, 4) is 5.75 Å². The quantitative estimate of drug-likeness (QED) is 0.577. The number of nitrogens with one attached hydrogen (secondary N) is 2. The van der Waals surface area contributed by atoms with Crippen LogP contribution in [0.25, 0.3) is 0 Å². The maximum atomic E-state index is 11.8. The van der Waals surface area contributed by atoms with Gasteiger partial charge in [-0.15, -0.1) is 0 Å². The molecule has 0 aliphatic heterocycles. The Bertz CT molecular complexity index is 730. The number of hydrogen-bond acceptors (Lipinski definition) is 4. The fraction of sp³-hybridized carbons (Fsp3) is 0.0625. The minimum Gasteiger partial charge on any atom is -0.508 e. The number of hydrogen-bond donors (Lipinski definition) is 3. The van der Waals surface area contributed by atoms with E-state index in [1.807, 2.05) is 0 Å². The molecule has 118 valence electrons. The lowest BCUT2D eigenvalue weighted by Gasteiger charge is -2.04. The number of amides is 2. The largest absolute Gasteiger partial charge is 0.508 e. The standard InChI is InChI=1S/C16H14ClN3O3/c17-13-6-4-12(5-7-13)16(23)18-10-15(22)20-19-9-11-2-1-3-14(21)8-11/h1-9,21H,10H2,(H,18,23)(H,20,22)/b19-9+. The molecule has 7 heteroatoms. The van der Waals surface area contributed by atoms with Crippen LogP contribution in [0.3, 0.4) is 0 Å². The summed E-state index contributed by atoms with van der Waals surface area (Å²) in [5.74, 6) is -0.743. The van der Waals surface area contributed by atoms with E-state index in [4.69, 9.17) is 11.6 Å². The average molecular weight is 332 g/mol. The Balaban J connectivity index is 1.78. The number of hydrazone groups is 1. The minimum atomic E-state index is -0.469. The molecule has 6 nitrogen and oxygen atoms in total. The number of carbonyl (C=O) groups excluding carboxylic acids is 2. The molecule has 0 atom stereocenters. The van der Waals surface area contributed by atoms with Gasteiger partial charge in [-0.1, -0.05) is 23.7 Å². The molecule has 3 N–H and O–H groups in total. The van der Waals surface area contributed by atoms with Crippen LogP contribution in [-0.2, 0) is 4.79 Å². The molecule has 0 heterocycles. The van der Waals surface area contributed by atoms with Gasteiger partial charge in [0.25, 0.3) is 11.8 Å². The maximum Gasteiger partial charge on any atom is 0.259 e. The van der Waals surface area contributed by atoms with Crippen molar-refractivity contribution in [2.45, 2.75) is 0 Å². The summed E-state index contributed by atoms with van der Waals surface area (Å²) in [5, 5.41) is 16.0. The third-order valence-electron chi connectivity index (χ3n) is 2.79. The van der Waals surface area contributed by atoms with Gasteiger partial charge in [-0.05, 0) is 42.0 Å². The molecule has 2 amide bonds. The van der Waals surface area contributed by atoms with Crippen molar-refractivity contribution in [1.82, 2.24) is 10.7 Å². The summed E-state index contributed by atoms with van der Waals surface area (Å²) < 4.78 is 0. The number of aromatic hydroxyl groups is 1. The highest BCUT2D eigenvalue weighted by atomic mass is 35.5. The van der Waals surface area contributed by atoms with Crippen LogP contribution in [0.5, 0.6) is 5.75 Å². The van der Waals surface area contributed by atoms with Crippen LogP contribution in [-0.4, -0.2) is 29.7 Å². The first-order chi connectivity index (χ1) is 11.0. The smallest absolute Gasteiger partial charge is 0.259 e. The zero-order chi connectivity index (χ0) is 16.7. The molecular formula is C16H14ClN3O3. The van der Waals surface area contributed by atoms with Crippen LogP contribution in [0.1, 0.15) is 15.9 Å². The van der Waals surface area contributed by atoms with E-state index in [1.54, 1.807) is 36.4 Å². The second kappa shape index (κ2) is 7.95. The highest BCUT2D eigenvalue weighted by Crippen LogP contribution is 2.09. The van der Waals surface area contributed by atoms with E-state index in [-0.39, 0.29) is 18.2 Å². The van der Waals surface area contributed by atoms with E-state index < -0.39 is 5.91 Å². The Labute approximate surface area is 137 Å². The lowest BCUT2D eigenvalue weighted by Crippen LogP contribution is -2.34. The number of benzene rings is 2. The van der Waals surface area contributed by atoms with Crippen LogP contribution in [0.15, 0.2) is 53.6 Å². The van der Waals surface area contributed by atoms with E-state index in [0.717, 1.165) is 0 Å². The molecule has 0 aliphatic carbocycles. The van der Waals surface area contributed by atoms with Gasteiger partial charge in [0.1, 0.15) is 5.75 Å². The topological polar surface area (TPSA) is 90.8 Å². The lowest BCUT2D eigenvalue weighted by atomic mass is 10.2. The second-order valence-corrected chi connectivity index (χ2v) is 5.01. The van der Waals surface area contributed by atoms with Crippen molar-refractivity contribution < 1.29 is 14.7 Å². The van der Waals surface area contributed by atoms with Crippen molar-refractivity contribution in [3.05, 3.63) is 64.7 Å². The number of phenolic OH excluding ortho intramolecular Hbond substituents is 1. The lowest BCUT2D eigenvalue weighted by molar-refractivity contribution is -0.120. The predicted molar refractivity (Wildman–Crippen MR) is 87.6 cm³/mol. The molecule has 0 bridgehead atoms. The van der Waals surface area contributed by atoms with E-state index in [0.29, 0.717) is 16.1 Å². The molecule has 0 radical (unpaired) electrons. The highest BCUT2D eigenvalue weighted by Gasteiger charge is 2.07. The van der Waals surface area contributed by atoms with Crippen LogP contribution < -0.4 is 10.7 Å². The van der Waals surface area contributed by atoms with Gasteiger partial charge >= 0.3 is 0 Å². The molecule has 0 aromatic heterocycles. The Morgan fingerprint density at radius 1 is 1.17 bits per heavy atom. The Morgan fingerprint density at radius 3 is 2.61 bits per heavy atom. The van der Waals surface area contributed by atoms with E-state index in [9.17, 15) is 14.7 Å². The molecule has 2 aromatic rings. The Kier molecular flexibility index (Phi) is 5.71. The van der Waals surface area contributed by atoms with Crippen LogP contribution in [0.2, 0.25) is 5.02 Å². The van der Waals surface area contributed by atoms with Gasteiger partial charge in [-0.3, -0.25) is 9.59 Å². The van der Waals surface area contributed by atoms with Gasteiger partial charge in [-0.2, -0.15) is 5.10 Å². The first-order valence-electron chi connectivity index (χ1n) is 6.69. The van der Waals surface area contributed by atoms with Crippen LogP contribution in [0.4, 0.5) is 0 Å². The first-order valence-corrected chi connectivity index (χ1v) is 7.07. The Morgan fingerprint density at radius 2 is 1.91 bits per heavy atom. The molecule has 0 spiro atoms. The van der Waals surface area contributed by atoms with Gasteiger partial charge in [0.2, 0.25) is 0 Å². The fourth-order valence-electron chi connectivity index (χ4n) is 1.69. The molecule has 23 heavy (non-hydrogen) atoms. The third-order valence-corrected chi connectivity index (χ3v) is 3.04. The van der Waals surface area contributed by atoms with Gasteiger partial charge in [0.05, 0.1) is 12.8 Å². The zero-order valence-corrected chi connectivity index (χ0v) is 12.7. The van der Waals surface area contributed by atoms with Crippen LogP contribution >= 0.6 is 11.6 Å². The molecular weight excluding hydrogens is 318 g/mol. The molecule has 2 rings (SSSR count). The van der Waals surface area contributed by atoms with Gasteiger partial charge in [0.15, 0.2) is 0 Å². The van der Waals surface area contributed by atoms with Crippen molar-refractivity contribution in [2.75, 3.05) is 6.54 Å². The summed E-state index contributed by atoms with van der Waals surface area (Å²) in [4.78, 5) is 23.4. The molecule has 0 saturated heterocycles. The molecule has 0 aliphatic rings. The van der Waals surface area contributed by atoms with Crippen molar-refractivity contribution >= 4 is 29.6 Å². The number of halogens is 1. The molecule has 0 unspecified atom stereocenters. The van der Waals surface area contributed by atoms with E-state index in [1.165, 1.54) is 18.3 Å². The third kappa shape index (κ3) is 5.44. The van der Waals surface area contributed by atoms with Gasteiger partial charge in [-0.25, -0.2) is 5.43 Å². The summed E-state index contributed by atoms with van der Waals surface area (Å²) in [5.41, 5.74) is 3.32. The zero-order valence-electron chi connectivity index (χ0n) is 12.0. The molecule has 0 saturated carbocycles. The van der Waals surface area contributed by atoms with E-state index >= 15 is 0 Å². The summed E-state index contributed by atoms with van der Waals surface area (Å²) in [6.45, 7) is -0.209. The summed E-state index contributed by atoms with van der Waals surface area (Å²) >= 11 is 5.73.